The van der Waals surface area contributed by atoms with E-state index in [-0.39, 0.29) is 13.2 Å². The van der Waals surface area contributed by atoms with Gasteiger partial charge in [-0.2, -0.15) is 0 Å². The second-order valence-electron chi connectivity index (χ2n) is 6.31. The maximum atomic E-state index is 11.0. The lowest BCUT2D eigenvalue weighted by Crippen LogP contribution is -2.01. The van der Waals surface area contributed by atoms with E-state index in [1.165, 1.54) is 0 Å². The molecule has 0 unspecified atom stereocenters. The molecule has 0 spiro atoms. The third kappa shape index (κ3) is 4.58. The number of carbonyl (C=O) groups excluding carboxylic acids is 2. The lowest BCUT2D eigenvalue weighted by atomic mass is 9.97. The Morgan fingerprint density at radius 1 is 0.667 bits per heavy atom. The van der Waals surface area contributed by atoms with Crippen LogP contribution in [0.4, 0.5) is 0 Å². The predicted molar refractivity (Wildman–Crippen MR) is 117 cm³/mol. The van der Waals surface area contributed by atoms with Gasteiger partial charge in [-0.15, -0.1) is 12.8 Å². The fraction of sp³-hybridized carbons (Fsp3) is 0.0769. The molecular weight excluding hydrogens is 376 g/mol. The second-order valence-corrected chi connectivity index (χ2v) is 6.31. The molecule has 0 aliphatic heterocycles. The van der Waals surface area contributed by atoms with Crippen molar-refractivity contribution in [2.24, 2.45) is 0 Å². The summed E-state index contributed by atoms with van der Waals surface area (Å²) in [5, 5.41) is 0. The van der Waals surface area contributed by atoms with Crippen molar-refractivity contribution in [2.45, 2.75) is 0 Å². The maximum Gasteiger partial charge on any atom is 0.150 e. The molecule has 4 heteroatoms. The van der Waals surface area contributed by atoms with Crippen molar-refractivity contribution in [2.75, 3.05) is 13.2 Å². The normalized spacial score (nSPS) is 9.80. The Bertz CT molecular complexity index is 1030. The highest BCUT2D eigenvalue weighted by Crippen LogP contribution is 2.41. The fourth-order valence-electron chi connectivity index (χ4n) is 2.97. The van der Waals surface area contributed by atoms with Crippen LogP contribution in [-0.4, -0.2) is 25.8 Å². The van der Waals surface area contributed by atoms with Crippen LogP contribution in [0.1, 0.15) is 20.7 Å². The SMILES string of the molecule is C#CCOc1cc(-c2ccc(C=O)cc2)c(OCC#C)cc1-c1ccc(C=O)cc1. The summed E-state index contributed by atoms with van der Waals surface area (Å²) in [5.74, 6) is 6.07. The molecule has 0 fully saturated rings. The monoisotopic (exact) mass is 394 g/mol. The molecule has 0 radical (unpaired) electrons. The minimum atomic E-state index is 0.0908. The summed E-state index contributed by atoms with van der Waals surface area (Å²) in [4.78, 5) is 21.9. The summed E-state index contributed by atoms with van der Waals surface area (Å²) >= 11 is 0. The van der Waals surface area contributed by atoms with E-state index in [1.54, 1.807) is 24.3 Å². The molecule has 0 saturated carbocycles. The number of terminal acetylenes is 2. The third-order valence-corrected chi connectivity index (χ3v) is 4.42. The van der Waals surface area contributed by atoms with Crippen LogP contribution in [0.3, 0.4) is 0 Å². The Kier molecular flexibility index (Phi) is 6.66. The van der Waals surface area contributed by atoms with Crippen molar-refractivity contribution in [3.05, 3.63) is 71.8 Å². The Hall–Kier alpha value is -4.28. The first kappa shape index (κ1) is 20.5. The van der Waals surface area contributed by atoms with Crippen molar-refractivity contribution in [1.29, 1.82) is 0 Å². The summed E-state index contributed by atoms with van der Waals surface area (Å²) in [7, 11) is 0. The van der Waals surface area contributed by atoms with Gasteiger partial charge < -0.3 is 9.47 Å². The first-order valence-corrected chi connectivity index (χ1v) is 9.12. The molecule has 0 saturated heterocycles. The van der Waals surface area contributed by atoms with Crippen LogP contribution in [0, 0.1) is 24.7 Å². The van der Waals surface area contributed by atoms with Crippen molar-refractivity contribution in [1.82, 2.24) is 0 Å². The predicted octanol–water partition coefficient (Wildman–Crippen LogP) is 4.67. The first-order chi connectivity index (χ1) is 14.7. The number of benzene rings is 3. The molecule has 0 amide bonds. The van der Waals surface area contributed by atoms with Crippen LogP contribution in [0.15, 0.2) is 60.7 Å². The number of hydrogen-bond donors (Lipinski definition) is 0. The lowest BCUT2D eigenvalue weighted by Gasteiger charge is -2.17. The fourth-order valence-corrected chi connectivity index (χ4v) is 2.97. The van der Waals surface area contributed by atoms with E-state index in [0.29, 0.717) is 22.6 Å². The van der Waals surface area contributed by atoms with Crippen LogP contribution in [0.2, 0.25) is 0 Å². The highest BCUT2D eigenvalue weighted by molar-refractivity contribution is 5.84. The van der Waals surface area contributed by atoms with Crippen LogP contribution in [0.5, 0.6) is 11.5 Å². The van der Waals surface area contributed by atoms with Gasteiger partial charge >= 0.3 is 0 Å². The molecule has 0 aromatic heterocycles. The average molecular weight is 394 g/mol. The Morgan fingerprint density at radius 2 is 1.03 bits per heavy atom. The minimum Gasteiger partial charge on any atom is -0.480 e. The van der Waals surface area contributed by atoms with E-state index in [9.17, 15) is 9.59 Å². The van der Waals surface area contributed by atoms with Crippen LogP contribution < -0.4 is 9.47 Å². The number of rotatable bonds is 8. The molecule has 0 bridgehead atoms. The zero-order valence-corrected chi connectivity index (χ0v) is 16.1. The van der Waals surface area contributed by atoms with E-state index in [0.717, 1.165) is 34.8 Å². The van der Waals surface area contributed by atoms with Gasteiger partial charge in [-0.25, -0.2) is 0 Å². The molecular formula is C26H18O4. The largest absolute Gasteiger partial charge is 0.480 e. The van der Waals surface area contributed by atoms with Gasteiger partial charge in [0.1, 0.15) is 37.3 Å². The molecule has 146 valence electrons. The van der Waals surface area contributed by atoms with Crippen LogP contribution in [-0.2, 0) is 0 Å². The molecule has 3 aromatic rings. The van der Waals surface area contributed by atoms with Crippen molar-refractivity contribution >= 4 is 12.6 Å². The molecule has 0 aliphatic carbocycles. The molecule has 4 nitrogen and oxygen atoms in total. The molecule has 0 atom stereocenters. The summed E-state index contributed by atoms with van der Waals surface area (Å²) < 4.78 is 11.6. The summed E-state index contributed by atoms with van der Waals surface area (Å²) in [6, 6.07) is 17.9. The maximum absolute atomic E-state index is 11.0. The lowest BCUT2D eigenvalue weighted by molar-refractivity contribution is 0.111. The topological polar surface area (TPSA) is 52.6 Å². The van der Waals surface area contributed by atoms with E-state index in [2.05, 4.69) is 11.8 Å². The van der Waals surface area contributed by atoms with E-state index in [1.807, 2.05) is 36.4 Å². The van der Waals surface area contributed by atoms with Gasteiger partial charge in [-0.1, -0.05) is 60.4 Å². The number of carbonyl (C=O) groups is 2. The van der Waals surface area contributed by atoms with Crippen molar-refractivity contribution < 1.29 is 19.1 Å². The van der Waals surface area contributed by atoms with E-state index >= 15 is 0 Å². The van der Waals surface area contributed by atoms with Gasteiger partial charge in [0.2, 0.25) is 0 Å². The number of hydrogen-bond acceptors (Lipinski definition) is 4. The smallest absolute Gasteiger partial charge is 0.150 e. The number of aldehydes is 2. The molecule has 0 aliphatic rings. The highest BCUT2D eigenvalue weighted by atomic mass is 16.5. The minimum absolute atomic E-state index is 0.0908. The summed E-state index contributed by atoms with van der Waals surface area (Å²) in [6.07, 6.45) is 12.3. The Balaban J connectivity index is 2.17. The van der Waals surface area contributed by atoms with Gasteiger partial charge in [0, 0.05) is 22.3 Å². The van der Waals surface area contributed by atoms with Gasteiger partial charge in [-0.3, -0.25) is 9.59 Å². The third-order valence-electron chi connectivity index (χ3n) is 4.42. The van der Waals surface area contributed by atoms with Crippen molar-refractivity contribution in [3.63, 3.8) is 0 Å². The quantitative estimate of drug-likeness (QED) is 0.412. The van der Waals surface area contributed by atoms with Gasteiger partial charge in [0.25, 0.3) is 0 Å². The van der Waals surface area contributed by atoms with E-state index in [4.69, 9.17) is 22.3 Å². The number of ether oxygens (including phenoxy) is 2. The van der Waals surface area contributed by atoms with Crippen molar-refractivity contribution in [3.8, 4) is 58.4 Å². The molecule has 3 rings (SSSR count). The highest BCUT2D eigenvalue weighted by Gasteiger charge is 2.15. The molecule has 30 heavy (non-hydrogen) atoms. The van der Waals surface area contributed by atoms with Gasteiger partial charge in [0.15, 0.2) is 0 Å². The van der Waals surface area contributed by atoms with E-state index < -0.39 is 0 Å². The first-order valence-electron chi connectivity index (χ1n) is 9.12. The molecule has 0 heterocycles. The summed E-state index contributed by atoms with van der Waals surface area (Å²) in [5.41, 5.74) is 4.31. The second kappa shape index (κ2) is 9.78. The van der Waals surface area contributed by atoms with Gasteiger partial charge in [-0.05, 0) is 23.3 Å². The van der Waals surface area contributed by atoms with Gasteiger partial charge in [0.05, 0.1) is 0 Å². The molecule has 0 N–H and O–H groups in total. The molecule has 3 aromatic carbocycles. The zero-order valence-electron chi connectivity index (χ0n) is 16.1. The zero-order chi connectivity index (χ0) is 21.3. The average Bonchev–Trinajstić information content (AvgIpc) is 2.81. The Morgan fingerprint density at radius 3 is 1.33 bits per heavy atom. The Labute approximate surface area is 175 Å². The van der Waals surface area contributed by atoms with Crippen LogP contribution in [0.25, 0.3) is 22.3 Å². The summed E-state index contributed by atoms with van der Waals surface area (Å²) in [6.45, 7) is 0.182. The standard InChI is InChI=1S/C26H18O4/c1-3-13-29-25-15-24(22-11-7-20(18-28)8-12-22)26(30-14-4-2)16-23(25)21-9-5-19(17-27)6-10-21/h1-2,5-12,15-18H,13-14H2. The van der Waals surface area contributed by atoms with Crippen LogP contribution >= 0.6 is 0 Å².